The second-order valence-electron chi connectivity index (χ2n) is 7.47. The standard InChI is InChI=1S/C24H26N2O3S/c1-17-9-12-21(13-10-17)30(28,29)26-23(20-7-5-4-6-8-20)16-24(27)25-22-14-11-18(2)15-19(22)3/h4-15,23,26H,16H2,1-3H3,(H,25,27)/t23-/m1/s1. The molecule has 0 aliphatic heterocycles. The van der Waals surface area contributed by atoms with Crippen molar-refractivity contribution in [1.29, 1.82) is 0 Å². The molecule has 2 N–H and O–H groups in total. The van der Waals surface area contributed by atoms with Crippen molar-refractivity contribution in [3.8, 4) is 0 Å². The second-order valence-corrected chi connectivity index (χ2v) is 9.18. The highest BCUT2D eigenvalue weighted by molar-refractivity contribution is 7.89. The van der Waals surface area contributed by atoms with Crippen molar-refractivity contribution in [2.75, 3.05) is 5.32 Å². The zero-order valence-corrected chi connectivity index (χ0v) is 18.2. The van der Waals surface area contributed by atoms with Crippen LogP contribution in [0.2, 0.25) is 0 Å². The van der Waals surface area contributed by atoms with E-state index in [1.54, 1.807) is 24.3 Å². The molecule has 3 rings (SSSR count). The van der Waals surface area contributed by atoms with Crippen LogP contribution in [0.3, 0.4) is 0 Å². The zero-order chi connectivity index (χ0) is 21.7. The lowest BCUT2D eigenvalue weighted by atomic mass is 10.0. The summed E-state index contributed by atoms with van der Waals surface area (Å²) in [7, 11) is -3.79. The van der Waals surface area contributed by atoms with Crippen molar-refractivity contribution < 1.29 is 13.2 Å². The first-order valence-electron chi connectivity index (χ1n) is 9.75. The molecule has 0 fully saturated rings. The molecule has 1 amide bonds. The molecule has 0 saturated heterocycles. The van der Waals surface area contributed by atoms with Gasteiger partial charge in [-0.15, -0.1) is 0 Å². The van der Waals surface area contributed by atoms with E-state index in [4.69, 9.17) is 0 Å². The number of carbonyl (C=O) groups excluding carboxylic acids is 1. The van der Waals surface area contributed by atoms with E-state index in [0.717, 1.165) is 27.9 Å². The Morgan fingerprint density at radius 1 is 0.867 bits per heavy atom. The fourth-order valence-electron chi connectivity index (χ4n) is 3.23. The Bertz CT molecular complexity index is 1120. The van der Waals surface area contributed by atoms with Gasteiger partial charge in [0.25, 0.3) is 0 Å². The monoisotopic (exact) mass is 422 g/mol. The van der Waals surface area contributed by atoms with Crippen molar-refractivity contribution >= 4 is 21.6 Å². The molecular weight excluding hydrogens is 396 g/mol. The van der Waals surface area contributed by atoms with E-state index in [-0.39, 0.29) is 17.2 Å². The van der Waals surface area contributed by atoms with Gasteiger partial charge in [0.15, 0.2) is 0 Å². The Morgan fingerprint density at radius 2 is 1.50 bits per heavy atom. The van der Waals surface area contributed by atoms with Crippen LogP contribution in [0, 0.1) is 20.8 Å². The smallest absolute Gasteiger partial charge is 0.241 e. The van der Waals surface area contributed by atoms with E-state index in [2.05, 4.69) is 10.0 Å². The quantitative estimate of drug-likeness (QED) is 0.581. The maximum absolute atomic E-state index is 12.9. The van der Waals surface area contributed by atoms with Gasteiger partial charge >= 0.3 is 0 Å². The third-order valence-corrected chi connectivity index (χ3v) is 6.36. The van der Waals surface area contributed by atoms with Crippen LogP contribution in [0.5, 0.6) is 0 Å². The van der Waals surface area contributed by atoms with Crippen molar-refractivity contribution in [3.05, 3.63) is 95.1 Å². The van der Waals surface area contributed by atoms with Gasteiger partial charge in [-0.25, -0.2) is 13.1 Å². The van der Waals surface area contributed by atoms with Gasteiger partial charge in [-0.05, 0) is 50.1 Å². The highest BCUT2D eigenvalue weighted by Crippen LogP contribution is 2.23. The predicted octanol–water partition coefficient (Wildman–Crippen LogP) is 4.66. The van der Waals surface area contributed by atoms with E-state index >= 15 is 0 Å². The number of amides is 1. The van der Waals surface area contributed by atoms with Crippen LogP contribution in [0.25, 0.3) is 0 Å². The largest absolute Gasteiger partial charge is 0.326 e. The summed E-state index contributed by atoms with van der Waals surface area (Å²) in [4.78, 5) is 12.9. The van der Waals surface area contributed by atoms with E-state index < -0.39 is 16.1 Å². The molecular formula is C24H26N2O3S. The van der Waals surface area contributed by atoms with Gasteiger partial charge in [-0.3, -0.25) is 4.79 Å². The third kappa shape index (κ3) is 5.55. The number of hydrogen-bond donors (Lipinski definition) is 2. The van der Waals surface area contributed by atoms with Crippen LogP contribution in [0.15, 0.2) is 77.7 Å². The summed E-state index contributed by atoms with van der Waals surface area (Å²) in [5.74, 6) is -0.262. The fraction of sp³-hybridized carbons (Fsp3) is 0.208. The average Bonchev–Trinajstić information content (AvgIpc) is 2.70. The summed E-state index contributed by atoms with van der Waals surface area (Å²) in [5.41, 5.74) is 4.49. The summed E-state index contributed by atoms with van der Waals surface area (Å²) in [6.45, 7) is 5.81. The molecule has 0 aliphatic rings. The number of hydrogen-bond acceptors (Lipinski definition) is 3. The molecule has 0 radical (unpaired) electrons. The normalized spacial score (nSPS) is 12.4. The lowest BCUT2D eigenvalue weighted by molar-refractivity contribution is -0.116. The molecule has 3 aromatic rings. The van der Waals surface area contributed by atoms with Gasteiger partial charge in [-0.2, -0.15) is 0 Å². The van der Waals surface area contributed by atoms with Gasteiger partial charge in [0.1, 0.15) is 0 Å². The Morgan fingerprint density at radius 3 is 2.13 bits per heavy atom. The SMILES string of the molecule is Cc1ccc(S(=O)(=O)N[C@H](CC(=O)Nc2ccc(C)cc2C)c2ccccc2)cc1. The molecule has 0 aliphatic carbocycles. The number of aryl methyl sites for hydroxylation is 3. The summed E-state index contributed by atoms with van der Waals surface area (Å²) in [6, 6.07) is 20.8. The molecule has 3 aromatic carbocycles. The minimum Gasteiger partial charge on any atom is -0.326 e. The van der Waals surface area contributed by atoms with Gasteiger partial charge < -0.3 is 5.32 Å². The number of benzene rings is 3. The lowest BCUT2D eigenvalue weighted by Crippen LogP contribution is -2.31. The Kier molecular flexibility index (Phi) is 6.70. The third-order valence-electron chi connectivity index (χ3n) is 4.88. The van der Waals surface area contributed by atoms with E-state index in [9.17, 15) is 13.2 Å². The van der Waals surface area contributed by atoms with Gasteiger partial charge in [0.05, 0.1) is 10.9 Å². The van der Waals surface area contributed by atoms with Gasteiger partial charge in [-0.1, -0.05) is 65.7 Å². The molecule has 0 spiro atoms. The zero-order valence-electron chi connectivity index (χ0n) is 17.3. The van der Waals surface area contributed by atoms with Crippen molar-refractivity contribution in [3.63, 3.8) is 0 Å². The number of anilines is 1. The molecule has 156 valence electrons. The van der Waals surface area contributed by atoms with E-state index in [1.165, 1.54) is 0 Å². The number of sulfonamides is 1. The second kappa shape index (κ2) is 9.24. The van der Waals surface area contributed by atoms with Crippen molar-refractivity contribution in [1.82, 2.24) is 4.72 Å². The Hall–Kier alpha value is -2.96. The van der Waals surface area contributed by atoms with Crippen LogP contribution >= 0.6 is 0 Å². The van der Waals surface area contributed by atoms with Crippen LogP contribution in [0.4, 0.5) is 5.69 Å². The maximum Gasteiger partial charge on any atom is 0.241 e. The number of rotatable bonds is 7. The average molecular weight is 423 g/mol. The molecule has 0 unspecified atom stereocenters. The van der Waals surface area contributed by atoms with E-state index in [0.29, 0.717) is 0 Å². The molecule has 0 saturated carbocycles. The van der Waals surface area contributed by atoms with Crippen LogP contribution < -0.4 is 10.0 Å². The molecule has 30 heavy (non-hydrogen) atoms. The minimum absolute atomic E-state index is 0.0254. The Balaban J connectivity index is 1.82. The summed E-state index contributed by atoms with van der Waals surface area (Å²) < 4.78 is 28.5. The maximum atomic E-state index is 12.9. The number of carbonyl (C=O) groups is 1. The summed E-state index contributed by atoms with van der Waals surface area (Å²) >= 11 is 0. The summed E-state index contributed by atoms with van der Waals surface area (Å²) in [6.07, 6.45) is -0.0254. The highest BCUT2D eigenvalue weighted by atomic mass is 32.2. The Labute approximate surface area is 178 Å². The molecule has 6 heteroatoms. The minimum atomic E-state index is -3.79. The molecule has 0 aromatic heterocycles. The molecule has 0 heterocycles. The first-order valence-corrected chi connectivity index (χ1v) is 11.2. The van der Waals surface area contributed by atoms with Crippen molar-refractivity contribution in [2.45, 2.75) is 38.1 Å². The van der Waals surface area contributed by atoms with E-state index in [1.807, 2.05) is 69.3 Å². The molecule has 1 atom stereocenters. The van der Waals surface area contributed by atoms with Gasteiger partial charge in [0, 0.05) is 12.1 Å². The van der Waals surface area contributed by atoms with Crippen LogP contribution in [-0.4, -0.2) is 14.3 Å². The topological polar surface area (TPSA) is 75.3 Å². The van der Waals surface area contributed by atoms with Crippen LogP contribution in [0.1, 0.15) is 34.7 Å². The first kappa shape index (κ1) is 21.7. The van der Waals surface area contributed by atoms with Gasteiger partial charge in [0.2, 0.25) is 15.9 Å². The number of nitrogens with one attached hydrogen (secondary N) is 2. The fourth-order valence-corrected chi connectivity index (χ4v) is 4.45. The van der Waals surface area contributed by atoms with Crippen LogP contribution in [-0.2, 0) is 14.8 Å². The highest BCUT2D eigenvalue weighted by Gasteiger charge is 2.24. The predicted molar refractivity (Wildman–Crippen MR) is 120 cm³/mol. The van der Waals surface area contributed by atoms with Crippen molar-refractivity contribution in [2.24, 2.45) is 0 Å². The first-order chi connectivity index (χ1) is 14.2. The summed E-state index contributed by atoms with van der Waals surface area (Å²) in [5, 5.41) is 2.90. The lowest BCUT2D eigenvalue weighted by Gasteiger charge is -2.19. The molecule has 0 bridgehead atoms. The molecule has 5 nitrogen and oxygen atoms in total.